The van der Waals surface area contributed by atoms with E-state index in [-0.39, 0.29) is 110 Å². The second kappa shape index (κ2) is 34.4. The summed E-state index contributed by atoms with van der Waals surface area (Å²) in [4.78, 5) is 113. The molecule has 2 aliphatic rings. The molecular weight excluding hydrogens is 1420 g/mol. The molecule has 0 aliphatic carbocycles. The molecule has 2 saturated heterocycles. The highest BCUT2D eigenvalue weighted by Gasteiger charge is 2.39. The number of aromatic nitrogens is 8. The van der Waals surface area contributed by atoms with Crippen molar-refractivity contribution in [2.24, 2.45) is 0 Å². The van der Waals surface area contributed by atoms with Gasteiger partial charge in [0.05, 0.1) is 67.0 Å². The molecule has 8 heterocycles. The number of nitriles is 2. The first-order valence-electron chi connectivity index (χ1n) is 33.9. The summed E-state index contributed by atoms with van der Waals surface area (Å²) in [6.45, 7) is 24.4. The number of piperazine rings is 2. The van der Waals surface area contributed by atoms with E-state index < -0.39 is 46.6 Å². The molecule has 31 heteroatoms. The van der Waals surface area contributed by atoms with Crippen molar-refractivity contribution in [1.82, 2.24) is 59.1 Å². The number of carboxylic acids is 1. The van der Waals surface area contributed by atoms with Crippen molar-refractivity contribution in [3.63, 3.8) is 0 Å². The van der Waals surface area contributed by atoms with Crippen LogP contribution in [0.1, 0.15) is 134 Å². The van der Waals surface area contributed by atoms with E-state index in [4.69, 9.17) is 47.8 Å². The number of alkyl halides is 3. The van der Waals surface area contributed by atoms with Gasteiger partial charge in [-0.1, -0.05) is 115 Å². The largest absolute Gasteiger partial charge is 0.490 e. The number of carbonyl (C=O) groups excluding carboxylic acids is 3. The smallest absolute Gasteiger partial charge is 0.475 e. The third-order valence-electron chi connectivity index (χ3n) is 17.0. The summed E-state index contributed by atoms with van der Waals surface area (Å²) in [6, 6.07) is 19.8. The maximum atomic E-state index is 15.2. The van der Waals surface area contributed by atoms with E-state index in [1.165, 1.54) is 51.0 Å². The maximum absolute atomic E-state index is 15.2. The molecule has 10 rings (SSSR count). The van der Waals surface area contributed by atoms with Gasteiger partial charge in [-0.3, -0.25) is 28.3 Å². The van der Waals surface area contributed by atoms with Gasteiger partial charge >= 0.3 is 18.2 Å². The number of pyridine rings is 4. The number of hydrogen-bond acceptors (Lipinski definition) is 18. The predicted molar refractivity (Wildman–Crippen MR) is 395 cm³/mol. The Labute approximate surface area is 619 Å². The van der Waals surface area contributed by atoms with Crippen molar-refractivity contribution in [1.29, 1.82) is 10.5 Å². The molecular formula is C75H81Cl2F5N16O8. The Kier molecular flexibility index (Phi) is 26.3. The number of nitrogens with zero attached hydrogens (tertiary/aromatic N) is 15. The fourth-order valence-corrected chi connectivity index (χ4v) is 12.5. The molecule has 0 radical (unpaired) electrons. The van der Waals surface area contributed by atoms with Crippen LogP contribution in [0.15, 0.2) is 107 Å². The van der Waals surface area contributed by atoms with Gasteiger partial charge in [0.25, 0.3) is 11.1 Å². The van der Waals surface area contributed by atoms with Crippen molar-refractivity contribution in [2.45, 2.75) is 112 Å². The zero-order valence-corrected chi connectivity index (χ0v) is 62.3. The topological polar surface area (TPSA) is 295 Å². The zero-order valence-electron chi connectivity index (χ0n) is 60.8. The molecule has 558 valence electrons. The van der Waals surface area contributed by atoms with Crippen LogP contribution >= 0.6 is 23.2 Å². The van der Waals surface area contributed by atoms with E-state index in [0.29, 0.717) is 102 Å². The molecule has 3 amide bonds. The van der Waals surface area contributed by atoms with Crippen LogP contribution in [0.4, 0.5) is 38.1 Å². The van der Waals surface area contributed by atoms with Crippen molar-refractivity contribution in [3.8, 4) is 46.0 Å². The quantitative estimate of drug-likeness (QED) is 0.0671. The molecule has 0 unspecified atom stereocenters. The highest BCUT2D eigenvalue weighted by Crippen LogP contribution is 2.41. The lowest BCUT2D eigenvalue weighted by molar-refractivity contribution is -0.192. The molecule has 0 bridgehead atoms. The Morgan fingerprint density at radius 2 is 0.962 bits per heavy atom. The van der Waals surface area contributed by atoms with Crippen molar-refractivity contribution in [2.75, 3.05) is 89.3 Å². The van der Waals surface area contributed by atoms with Crippen LogP contribution in [0.25, 0.3) is 56.0 Å². The third kappa shape index (κ3) is 18.1. The Morgan fingerprint density at radius 1 is 0.613 bits per heavy atom. The second-order valence-electron chi connectivity index (χ2n) is 27.0. The normalized spacial score (nSPS) is 13.5. The van der Waals surface area contributed by atoms with Crippen LogP contribution < -0.4 is 26.2 Å². The van der Waals surface area contributed by atoms with E-state index in [1.807, 2.05) is 65.2 Å². The fourth-order valence-electron chi connectivity index (χ4n) is 12.0. The molecule has 6 aromatic heterocycles. The van der Waals surface area contributed by atoms with Crippen molar-refractivity contribution < 1.29 is 51.0 Å². The van der Waals surface area contributed by atoms with E-state index in [0.717, 1.165) is 0 Å². The minimum atomic E-state index is -5.08. The van der Waals surface area contributed by atoms with Crippen LogP contribution in [0.5, 0.6) is 0 Å². The standard InChI is InChI=1S/C39H44ClFN8O4.C34H36ClFN8O2.C2HF3O2/c1-23(2)31-35(32(24(3)4)44-22-43-31)49-36-26(20-28(40)33(45-36)25-12-9-10-13-29(25)41)34(27(21-42)37(49)51)48-18-16-47(17-19-48)30(50)14-11-15-46(8)38(52)53-39(5,6)7;1-20(2)28-32(29(21(3)4)40-19-39-28)44-33-23(17-25(35)30(41-33)22-9-6-7-10-26(22)36)31(24(18-37)34(44)46)43-15-13-42(14-16-43)27(45)11-8-12-38-5;3-2(4,5)1(6)7/h9-14,20,22-24H,15-19H2,1-8H3;6-11,17,19-21,38H,12-16H2,1-5H3;(H,6,7)/b14-11+;11-8+;. The van der Waals surface area contributed by atoms with Crippen LogP contribution in [0.2, 0.25) is 10.0 Å². The van der Waals surface area contributed by atoms with Gasteiger partial charge in [0.1, 0.15) is 64.4 Å². The zero-order chi connectivity index (χ0) is 78.0. The molecule has 106 heavy (non-hydrogen) atoms. The second-order valence-corrected chi connectivity index (χ2v) is 27.9. The average Bonchev–Trinajstić information content (AvgIpc) is 0.730. The fraction of sp³-hybridized carbons (Fsp3) is 0.387. The number of fused-ring (bicyclic) bond motifs is 2. The molecule has 2 fully saturated rings. The van der Waals surface area contributed by atoms with Gasteiger partial charge in [0, 0.05) is 107 Å². The molecule has 8 aromatic rings. The third-order valence-corrected chi connectivity index (χ3v) is 17.6. The highest BCUT2D eigenvalue weighted by molar-refractivity contribution is 6.34. The van der Waals surface area contributed by atoms with Crippen LogP contribution in [-0.4, -0.2) is 174 Å². The summed E-state index contributed by atoms with van der Waals surface area (Å²) in [7, 11) is 3.39. The van der Waals surface area contributed by atoms with Crippen molar-refractivity contribution >= 4 is 80.5 Å². The number of halogens is 7. The number of anilines is 2. The summed E-state index contributed by atoms with van der Waals surface area (Å²) in [5.41, 5.74) is 2.89. The van der Waals surface area contributed by atoms with Gasteiger partial charge in [-0.05, 0) is 87.9 Å². The number of aliphatic carboxylic acids is 1. The van der Waals surface area contributed by atoms with Gasteiger partial charge in [0.2, 0.25) is 11.8 Å². The highest BCUT2D eigenvalue weighted by atomic mass is 35.5. The monoisotopic (exact) mass is 1500 g/mol. The van der Waals surface area contributed by atoms with Gasteiger partial charge in [0.15, 0.2) is 0 Å². The molecule has 0 spiro atoms. The SMILES string of the molecule is CC(C)c1ncnc(C(C)C)c1-n1c(=O)c(C#N)c(N2CCN(C(=O)/C=C/CN(C)C(=O)OC(C)(C)C)CC2)c2cc(Cl)c(-c3ccccc3F)nc21.CNC/C=C/C(=O)N1CCN(c2c(C#N)c(=O)n(-c3c(C(C)C)ncnc3C(C)C)c3nc(-c4ccccc4F)c(Cl)cc23)CC1.O=C(O)C(F)(F)F. The van der Waals surface area contributed by atoms with Crippen LogP contribution in [0, 0.1) is 34.3 Å². The Bertz CT molecular complexity index is 4880. The molecule has 2 aromatic carbocycles. The minimum absolute atomic E-state index is 0.0917. The van der Waals surface area contributed by atoms with Gasteiger partial charge < -0.3 is 39.7 Å². The average molecular weight is 1500 g/mol. The molecule has 2 N–H and O–H groups in total. The summed E-state index contributed by atoms with van der Waals surface area (Å²) < 4.78 is 70.2. The first kappa shape index (κ1) is 80.9. The summed E-state index contributed by atoms with van der Waals surface area (Å²) >= 11 is 13.7. The minimum Gasteiger partial charge on any atom is -0.475 e. The molecule has 0 atom stereocenters. The number of rotatable bonds is 16. The first-order chi connectivity index (χ1) is 50.1. The number of ether oxygens (including phenoxy) is 1. The van der Waals surface area contributed by atoms with Crippen LogP contribution in [-0.2, 0) is 19.1 Å². The first-order valence-corrected chi connectivity index (χ1v) is 34.7. The lowest BCUT2D eigenvalue weighted by Gasteiger charge is -2.36. The Hall–Kier alpha value is -10.8. The van der Waals surface area contributed by atoms with Gasteiger partial charge in [-0.2, -0.15) is 23.7 Å². The van der Waals surface area contributed by atoms with Crippen LogP contribution in [0.3, 0.4) is 0 Å². The summed E-state index contributed by atoms with van der Waals surface area (Å²) in [5, 5.41) is 32.4. The Morgan fingerprint density at radius 3 is 1.27 bits per heavy atom. The molecule has 0 saturated carbocycles. The van der Waals surface area contributed by atoms with E-state index in [1.54, 1.807) is 105 Å². The predicted octanol–water partition coefficient (Wildman–Crippen LogP) is 12.6. The maximum Gasteiger partial charge on any atom is 0.490 e. The number of likely N-dealkylation sites (N-methyl/N-ethyl adjacent to an activating group) is 2. The van der Waals surface area contributed by atoms with E-state index in [2.05, 4.69) is 37.4 Å². The van der Waals surface area contributed by atoms with E-state index >= 15 is 8.78 Å². The molecule has 24 nitrogen and oxygen atoms in total. The number of amides is 3. The number of benzene rings is 2. The lowest BCUT2D eigenvalue weighted by atomic mass is 10.00. The lowest BCUT2D eigenvalue weighted by Crippen LogP contribution is -2.49. The van der Waals surface area contributed by atoms with Gasteiger partial charge in [-0.25, -0.2) is 48.3 Å². The number of nitrogens with one attached hydrogen (secondary N) is 1. The number of carboxylic acid groups (broad SMARTS) is 1. The Balaban J connectivity index is 0.000000247. The van der Waals surface area contributed by atoms with E-state index in [9.17, 15) is 47.7 Å². The summed E-state index contributed by atoms with van der Waals surface area (Å²) in [5.74, 6) is -4.63. The van der Waals surface area contributed by atoms with Gasteiger partial charge in [-0.15, -0.1) is 0 Å². The summed E-state index contributed by atoms with van der Waals surface area (Å²) in [6.07, 6.45) is 3.68. The van der Waals surface area contributed by atoms with Crippen molar-refractivity contribution in [3.05, 3.63) is 174 Å². The number of hydrogen-bond donors (Lipinski definition) is 2. The number of carbonyl (C=O) groups is 4. The molecule has 2 aliphatic heterocycles.